The van der Waals surface area contributed by atoms with E-state index in [1.165, 1.54) is 0 Å². The van der Waals surface area contributed by atoms with E-state index >= 15 is 0 Å². The quantitative estimate of drug-likeness (QED) is 0.735. The molecular weight excluding hydrogens is 176 g/mol. The second-order valence-electron chi connectivity index (χ2n) is 3.75. The van der Waals surface area contributed by atoms with E-state index in [-0.39, 0.29) is 6.10 Å². The van der Waals surface area contributed by atoms with Crippen molar-refractivity contribution in [3.05, 3.63) is 23.4 Å². The molecule has 0 bridgehead atoms. The lowest BCUT2D eigenvalue weighted by Gasteiger charge is -2.31. The topological polar surface area (TPSA) is 36.4 Å². The van der Waals surface area contributed by atoms with E-state index < -0.39 is 0 Å². The number of fused-ring (bicyclic) bond motifs is 1. The Hall–Kier alpha value is -1.09. The Bertz CT molecular complexity index is 338. The molecule has 1 unspecified atom stereocenters. The zero-order chi connectivity index (χ0) is 10.1. The van der Waals surface area contributed by atoms with Crippen LogP contribution in [-0.4, -0.2) is 23.2 Å². The molecule has 1 aromatic heterocycles. The number of aryl methyl sites for hydroxylation is 1. The molecule has 76 valence electrons. The lowest BCUT2D eigenvalue weighted by Crippen LogP contribution is -2.32. The molecule has 2 heterocycles. The van der Waals surface area contributed by atoms with Gasteiger partial charge in [0, 0.05) is 24.3 Å². The van der Waals surface area contributed by atoms with Crippen molar-refractivity contribution >= 4 is 5.82 Å². The maximum atomic E-state index is 9.80. The summed E-state index contributed by atoms with van der Waals surface area (Å²) in [4.78, 5) is 6.70. The van der Waals surface area contributed by atoms with Gasteiger partial charge in [-0.1, -0.05) is 6.07 Å². The molecule has 0 fully saturated rings. The smallest absolute Gasteiger partial charge is 0.134 e. The van der Waals surface area contributed by atoms with Crippen LogP contribution in [0.5, 0.6) is 0 Å². The van der Waals surface area contributed by atoms with Gasteiger partial charge in [-0.15, -0.1) is 0 Å². The van der Waals surface area contributed by atoms with Crippen molar-refractivity contribution in [2.75, 3.05) is 18.0 Å². The zero-order valence-corrected chi connectivity index (χ0v) is 8.70. The lowest BCUT2D eigenvalue weighted by atomic mass is 10.0. The van der Waals surface area contributed by atoms with Gasteiger partial charge in [-0.3, -0.25) is 0 Å². The van der Waals surface area contributed by atoms with Gasteiger partial charge in [-0.25, -0.2) is 4.98 Å². The van der Waals surface area contributed by atoms with Gasteiger partial charge in [-0.2, -0.15) is 0 Å². The lowest BCUT2D eigenvalue weighted by molar-refractivity contribution is 0.163. The van der Waals surface area contributed by atoms with Crippen molar-refractivity contribution < 1.29 is 5.11 Å². The number of nitrogens with zero attached hydrogens (tertiary/aromatic N) is 2. The minimum Gasteiger partial charge on any atom is -0.388 e. The molecular formula is C11H16N2O. The molecule has 0 saturated carbocycles. The first-order valence-corrected chi connectivity index (χ1v) is 5.13. The van der Waals surface area contributed by atoms with Crippen molar-refractivity contribution in [3.8, 4) is 0 Å². The highest BCUT2D eigenvalue weighted by atomic mass is 16.3. The Morgan fingerprint density at radius 3 is 3.07 bits per heavy atom. The first kappa shape index (κ1) is 9.46. The second-order valence-corrected chi connectivity index (χ2v) is 3.75. The average molecular weight is 192 g/mol. The molecule has 1 N–H and O–H groups in total. The Balaban J connectivity index is 2.46. The van der Waals surface area contributed by atoms with E-state index in [2.05, 4.69) is 16.8 Å². The fraction of sp³-hybridized carbons (Fsp3) is 0.545. The van der Waals surface area contributed by atoms with Crippen LogP contribution >= 0.6 is 0 Å². The molecule has 1 aliphatic rings. The highest BCUT2D eigenvalue weighted by Crippen LogP contribution is 2.31. The molecule has 0 saturated heterocycles. The highest BCUT2D eigenvalue weighted by molar-refractivity contribution is 5.50. The average Bonchev–Trinajstić information content (AvgIpc) is 2.18. The second kappa shape index (κ2) is 3.58. The number of aliphatic hydroxyl groups excluding tert-OH is 1. The SMILES string of the molecule is CCN1CCC(O)c2ccc(C)nc21. The molecule has 1 aromatic rings. The molecule has 0 radical (unpaired) electrons. The monoisotopic (exact) mass is 192 g/mol. The fourth-order valence-electron chi connectivity index (χ4n) is 1.91. The molecule has 0 spiro atoms. The molecule has 0 aliphatic carbocycles. The standard InChI is InChI=1S/C11H16N2O/c1-3-13-7-6-10(14)9-5-4-8(2)12-11(9)13/h4-5,10,14H,3,6-7H2,1-2H3. The predicted octanol–water partition coefficient (Wildman–Crippen LogP) is 1.65. The minimum absolute atomic E-state index is 0.333. The van der Waals surface area contributed by atoms with Crippen LogP contribution in [0.15, 0.2) is 12.1 Å². The van der Waals surface area contributed by atoms with Gasteiger partial charge in [0.1, 0.15) is 5.82 Å². The van der Waals surface area contributed by atoms with E-state index in [0.717, 1.165) is 36.6 Å². The third kappa shape index (κ3) is 1.48. The number of anilines is 1. The summed E-state index contributed by atoms with van der Waals surface area (Å²) in [6.45, 7) is 5.96. The minimum atomic E-state index is -0.333. The first-order valence-electron chi connectivity index (χ1n) is 5.13. The van der Waals surface area contributed by atoms with E-state index in [0.29, 0.717) is 0 Å². The number of rotatable bonds is 1. The predicted molar refractivity (Wildman–Crippen MR) is 56.4 cm³/mol. The van der Waals surface area contributed by atoms with Crippen LogP contribution in [0, 0.1) is 6.92 Å². The molecule has 14 heavy (non-hydrogen) atoms. The number of hydrogen-bond acceptors (Lipinski definition) is 3. The van der Waals surface area contributed by atoms with E-state index in [9.17, 15) is 5.11 Å². The van der Waals surface area contributed by atoms with Crippen molar-refractivity contribution in [1.29, 1.82) is 0 Å². The molecule has 0 amide bonds. The van der Waals surface area contributed by atoms with Crippen LogP contribution in [0.2, 0.25) is 0 Å². The summed E-state index contributed by atoms with van der Waals surface area (Å²) in [6.07, 6.45) is 0.479. The molecule has 3 heteroatoms. The summed E-state index contributed by atoms with van der Waals surface area (Å²) in [6, 6.07) is 3.95. The van der Waals surface area contributed by atoms with Crippen LogP contribution < -0.4 is 4.90 Å². The van der Waals surface area contributed by atoms with Gasteiger partial charge >= 0.3 is 0 Å². The number of aliphatic hydroxyl groups is 1. The van der Waals surface area contributed by atoms with E-state index in [4.69, 9.17) is 0 Å². The van der Waals surface area contributed by atoms with Crippen molar-refractivity contribution in [2.45, 2.75) is 26.4 Å². The molecule has 0 aromatic carbocycles. The Morgan fingerprint density at radius 1 is 1.57 bits per heavy atom. The van der Waals surface area contributed by atoms with Crippen molar-refractivity contribution in [2.24, 2.45) is 0 Å². The number of hydrogen-bond donors (Lipinski definition) is 1. The van der Waals surface area contributed by atoms with E-state index in [1.54, 1.807) is 0 Å². The van der Waals surface area contributed by atoms with Crippen LogP contribution in [0.1, 0.15) is 30.7 Å². The van der Waals surface area contributed by atoms with Crippen LogP contribution in [0.3, 0.4) is 0 Å². The van der Waals surface area contributed by atoms with Gasteiger partial charge < -0.3 is 10.0 Å². The number of pyridine rings is 1. The summed E-state index contributed by atoms with van der Waals surface area (Å²) in [7, 11) is 0. The van der Waals surface area contributed by atoms with Gasteiger partial charge in [0.15, 0.2) is 0 Å². The Morgan fingerprint density at radius 2 is 2.36 bits per heavy atom. The molecule has 1 aliphatic heterocycles. The summed E-state index contributed by atoms with van der Waals surface area (Å²) in [5.74, 6) is 0.964. The fourth-order valence-corrected chi connectivity index (χ4v) is 1.91. The van der Waals surface area contributed by atoms with Gasteiger partial charge in [0.2, 0.25) is 0 Å². The third-order valence-corrected chi connectivity index (χ3v) is 2.76. The largest absolute Gasteiger partial charge is 0.388 e. The highest BCUT2D eigenvalue weighted by Gasteiger charge is 2.23. The Kier molecular flexibility index (Phi) is 2.42. The van der Waals surface area contributed by atoms with Crippen LogP contribution in [0.25, 0.3) is 0 Å². The maximum absolute atomic E-state index is 9.80. The third-order valence-electron chi connectivity index (χ3n) is 2.76. The van der Waals surface area contributed by atoms with Crippen molar-refractivity contribution in [3.63, 3.8) is 0 Å². The first-order chi connectivity index (χ1) is 6.72. The normalized spacial score (nSPS) is 20.8. The van der Waals surface area contributed by atoms with Gasteiger partial charge in [0.05, 0.1) is 6.10 Å². The van der Waals surface area contributed by atoms with Crippen LogP contribution in [0.4, 0.5) is 5.82 Å². The number of aromatic nitrogens is 1. The molecule has 2 rings (SSSR count). The Labute approximate surface area is 84.4 Å². The summed E-state index contributed by atoms with van der Waals surface area (Å²) >= 11 is 0. The molecule has 1 atom stereocenters. The van der Waals surface area contributed by atoms with E-state index in [1.807, 2.05) is 19.1 Å². The maximum Gasteiger partial charge on any atom is 0.134 e. The molecule has 3 nitrogen and oxygen atoms in total. The zero-order valence-electron chi connectivity index (χ0n) is 8.70. The van der Waals surface area contributed by atoms with Crippen LogP contribution in [-0.2, 0) is 0 Å². The van der Waals surface area contributed by atoms with Gasteiger partial charge in [-0.05, 0) is 26.3 Å². The summed E-state index contributed by atoms with van der Waals surface area (Å²) in [5, 5.41) is 9.80. The van der Waals surface area contributed by atoms with Gasteiger partial charge in [0.25, 0.3) is 0 Å². The summed E-state index contributed by atoms with van der Waals surface area (Å²) in [5.41, 5.74) is 1.99. The summed E-state index contributed by atoms with van der Waals surface area (Å²) < 4.78 is 0. The van der Waals surface area contributed by atoms with Crippen molar-refractivity contribution in [1.82, 2.24) is 4.98 Å².